The second-order valence-corrected chi connectivity index (χ2v) is 7.98. The average molecular weight is 285 g/mol. The highest BCUT2D eigenvalue weighted by atomic mass is 31.1. The Morgan fingerprint density at radius 3 is 2.40 bits per heavy atom. The second kappa shape index (κ2) is 5.00. The van der Waals surface area contributed by atoms with E-state index in [1.165, 1.54) is 48.7 Å². The van der Waals surface area contributed by atoms with Gasteiger partial charge in [0.2, 0.25) is 0 Å². The molecule has 2 saturated heterocycles. The van der Waals surface area contributed by atoms with E-state index in [4.69, 9.17) is 5.73 Å². The molecule has 0 saturated carbocycles. The first kappa shape index (κ1) is 12.6. The van der Waals surface area contributed by atoms with Gasteiger partial charge in [-0.2, -0.15) is 0 Å². The zero-order valence-corrected chi connectivity index (χ0v) is 12.5. The molecule has 2 aromatic carbocycles. The van der Waals surface area contributed by atoms with Crippen LogP contribution >= 0.6 is 8.22 Å². The molecule has 0 unspecified atom stereocenters. The summed E-state index contributed by atoms with van der Waals surface area (Å²) < 4.78 is 5.26. The van der Waals surface area contributed by atoms with Crippen LogP contribution in [-0.4, -0.2) is 41.7 Å². The standard InChI is InChI=1S/C16H20N3P/c17-16-12-13(11-14-3-1-2-4-15(14)16)5-10-20(18-6-7-18)19-8-9-19/h1-4,11-12H,5-10,17H2. The number of hydrogen-bond acceptors (Lipinski definition) is 3. The Balaban J connectivity index is 1.53. The van der Waals surface area contributed by atoms with Gasteiger partial charge < -0.3 is 5.73 Å². The van der Waals surface area contributed by atoms with Gasteiger partial charge in [-0.3, -0.25) is 9.34 Å². The molecule has 2 aliphatic heterocycles. The van der Waals surface area contributed by atoms with E-state index in [1.54, 1.807) is 0 Å². The summed E-state index contributed by atoms with van der Waals surface area (Å²) in [4.78, 5) is 0. The molecule has 2 N–H and O–H groups in total. The van der Waals surface area contributed by atoms with E-state index < -0.39 is 0 Å². The van der Waals surface area contributed by atoms with Crippen molar-refractivity contribution in [3.63, 3.8) is 0 Å². The van der Waals surface area contributed by atoms with Crippen molar-refractivity contribution in [2.24, 2.45) is 0 Å². The van der Waals surface area contributed by atoms with Gasteiger partial charge in [-0.1, -0.05) is 30.3 Å². The number of fused-ring (bicyclic) bond motifs is 1. The van der Waals surface area contributed by atoms with Gasteiger partial charge in [-0.25, -0.2) is 0 Å². The van der Waals surface area contributed by atoms with Crippen molar-refractivity contribution in [3.05, 3.63) is 42.0 Å². The third kappa shape index (κ3) is 2.54. The van der Waals surface area contributed by atoms with Crippen LogP contribution in [0.2, 0.25) is 0 Å². The molecule has 4 rings (SSSR count). The summed E-state index contributed by atoms with van der Waals surface area (Å²) in [5.41, 5.74) is 8.50. The minimum atomic E-state index is -0.00710. The Kier molecular flexibility index (Phi) is 3.14. The first-order valence-electron chi connectivity index (χ1n) is 7.36. The van der Waals surface area contributed by atoms with Crippen molar-refractivity contribution >= 4 is 24.7 Å². The van der Waals surface area contributed by atoms with Crippen LogP contribution in [0.5, 0.6) is 0 Å². The van der Waals surface area contributed by atoms with Crippen LogP contribution in [0, 0.1) is 0 Å². The number of nitrogen functional groups attached to an aromatic ring is 1. The fourth-order valence-corrected chi connectivity index (χ4v) is 5.27. The highest BCUT2D eigenvalue weighted by Gasteiger charge is 2.36. The fraction of sp³-hybridized carbons (Fsp3) is 0.375. The van der Waals surface area contributed by atoms with Crippen molar-refractivity contribution in [1.82, 2.24) is 9.34 Å². The lowest BCUT2D eigenvalue weighted by Gasteiger charge is -2.19. The van der Waals surface area contributed by atoms with Crippen molar-refractivity contribution in [3.8, 4) is 0 Å². The molecule has 2 heterocycles. The maximum absolute atomic E-state index is 6.19. The van der Waals surface area contributed by atoms with Crippen LogP contribution in [0.4, 0.5) is 5.69 Å². The first-order valence-corrected chi connectivity index (χ1v) is 8.79. The third-order valence-corrected chi connectivity index (χ3v) is 6.78. The number of benzene rings is 2. The molecule has 2 aromatic rings. The van der Waals surface area contributed by atoms with E-state index in [9.17, 15) is 0 Å². The molecule has 0 spiro atoms. The molecule has 2 aliphatic rings. The Labute approximate surface area is 121 Å². The lowest BCUT2D eigenvalue weighted by atomic mass is 10.0. The molecule has 0 amide bonds. The quantitative estimate of drug-likeness (QED) is 0.521. The van der Waals surface area contributed by atoms with E-state index >= 15 is 0 Å². The smallest absolute Gasteiger partial charge is 0.0399 e. The number of nitrogens with zero attached hydrogens (tertiary/aromatic N) is 2. The maximum Gasteiger partial charge on any atom is 0.0399 e. The molecule has 2 fully saturated rings. The SMILES string of the molecule is Nc1cc(CCP(N2CC2)N2CC2)cc2ccccc12. The molecule has 0 bridgehead atoms. The van der Waals surface area contributed by atoms with Gasteiger partial charge in [0.25, 0.3) is 0 Å². The lowest BCUT2D eigenvalue weighted by Crippen LogP contribution is -2.05. The molecular formula is C16H20N3P. The zero-order valence-electron chi connectivity index (χ0n) is 11.6. The molecule has 0 radical (unpaired) electrons. The van der Waals surface area contributed by atoms with Gasteiger partial charge in [-0.15, -0.1) is 0 Å². The number of rotatable bonds is 5. The van der Waals surface area contributed by atoms with Gasteiger partial charge in [0.05, 0.1) is 0 Å². The largest absolute Gasteiger partial charge is 0.398 e. The van der Waals surface area contributed by atoms with Crippen molar-refractivity contribution in [2.45, 2.75) is 6.42 Å². The van der Waals surface area contributed by atoms with Gasteiger partial charge in [-0.05, 0) is 29.6 Å². The summed E-state index contributed by atoms with van der Waals surface area (Å²) in [6, 6.07) is 12.9. The minimum absolute atomic E-state index is 0.00710. The minimum Gasteiger partial charge on any atom is -0.398 e. The number of aryl methyl sites for hydroxylation is 1. The van der Waals surface area contributed by atoms with Crippen molar-refractivity contribution in [2.75, 3.05) is 38.1 Å². The summed E-state index contributed by atoms with van der Waals surface area (Å²) in [7, 11) is -0.00710. The van der Waals surface area contributed by atoms with E-state index in [1.807, 2.05) is 0 Å². The Morgan fingerprint density at radius 1 is 1.00 bits per heavy atom. The first-order chi connectivity index (χ1) is 9.81. The predicted octanol–water partition coefficient (Wildman–Crippen LogP) is 2.91. The maximum atomic E-state index is 6.19. The van der Waals surface area contributed by atoms with E-state index in [-0.39, 0.29) is 8.22 Å². The molecule has 4 heteroatoms. The van der Waals surface area contributed by atoms with E-state index in [0.717, 1.165) is 12.1 Å². The van der Waals surface area contributed by atoms with Crippen LogP contribution in [0.25, 0.3) is 10.8 Å². The van der Waals surface area contributed by atoms with Crippen LogP contribution < -0.4 is 5.73 Å². The van der Waals surface area contributed by atoms with Gasteiger partial charge in [0, 0.05) is 45.5 Å². The normalized spacial score (nSPS) is 18.9. The summed E-state index contributed by atoms with van der Waals surface area (Å²) in [5, 5.41) is 2.45. The van der Waals surface area contributed by atoms with E-state index in [2.05, 4.69) is 45.7 Å². The van der Waals surface area contributed by atoms with Gasteiger partial charge in [0.15, 0.2) is 0 Å². The average Bonchev–Trinajstić information content (AvgIpc) is 3.33. The second-order valence-electron chi connectivity index (χ2n) is 5.66. The van der Waals surface area contributed by atoms with Crippen LogP contribution in [0.15, 0.2) is 36.4 Å². The molecule has 20 heavy (non-hydrogen) atoms. The topological polar surface area (TPSA) is 32.0 Å². The summed E-state index contributed by atoms with van der Waals surface area (Å²) in [5.74, 6) is 0. The highest BCUT2D eigenvalue weighted by Crippen LogP contribution is 2.52. The number of nitrogens with two attached hydrogens (primary N) is 1. The molecular weight excluding hydrogens is 265 g/mol. The monoisotopic (exact) mass is 285 g/mol. The lowest BCUT2D eigenvalue weighted by molar-refractivity contribution is 0.786. The Bertz CT molecular complexity index is 623. The van der Waals surface area contributed by atoms with Crippen molar-refractivity contribution in [1.29, 1.82) is 0 Å². The van der Waals surface area contributed by atoms with Crippen LogP contribution in [-0.2, 0) is 6.42 Å². The Morgan fingerprint density at radius 2 is 1.70 bits per heavy atom. The number of hydrogen-bond donors (Lipinski definition) is 1. The molecule has 0 atom stereocenters. The molecule has 0 aromatic heterocycles. The number of anilines is 1. The van der Waals surface area contributed by atoms with Gasteiger partial charge in [0.1, 0.15) is 0 Å². The summed E-state index contributed by atoms with van der Waals surface area (Å²) in [6.45, 7) is 5.23. The predicted molar refractivity (Wildman–Crippen MR) is 87.0 cm³/mol. The molecule has 104 valence electrons. The highest BCUT2D eigenvalue weighted by molar-refractivity contribution is 7.53. The molecule has 0 aliphatic carbocycles. The van der Waals surface area contributed by atoms with E-state index in [0.29, 0.717) is 0 Å². The summed E-state index contributed by atoms with van der Waals surface area (Å²) >= 11 is 0. The van der Waals surface area contributed by atoms with Crippen LogP contribution in [0.1, 0.15) is 5.56 Å². The fourth-order valence-electron chi connectivity index (χ4n) is 2.79. The molecule has 3 nitrogen and oxygen atoms in total. The van der Waals surface area contributed by atoms with Crippen molar-refractivity contribution < 1.29 is 0 Å². The Hall–Kier alpha value is -1.15. The zero-order chi connectivity index (χ0) is 13.5. The summed E-state index contributed by atoms with van der Waals surface area (Å²) in [6.07, 6.45) is 2.43. The van der Waals surface area contributed by atoms with Crippen LogP contribution in [0.3, 0.4) is 0 Å². The van der Waals surface area contributed by atoms with Gasteiger partial charge >= 0.3 is 0 Å². The third-order valence-electron chi connectivity index (χ3n) is 4.05.